The first-order chi connectivity index (χ1) is 14.1. The van der Waals surface area contributed by atoms with E-state index in [2.05, 4.69) is 5.32 Å². The minimum atomic E-state index is -0.838. The van der Waals surface area contributed by atoms with Gasteiger partial charge in [-0.3, -0.25) is 9.59 Å². The maximum atomic E-state index is 13.7. The van der Waals surface area contributed by atoms with E-state index in [4.69, 9.17) is 23.2 Å². The average Bonchev–Trinajstić information content (AvgIpc) is 3.01. The van der Waals surface area contributed by atoms with Crippen LogP contribution in [-0.4, -0.2) is 34.2 Å². The first kappa shape index (κ1) is 22.4. The Morgan fingerprint density at radius 1 is 1.00 bits per heavy atom. The molecule has 160 valence electrons. The van der Waals surface area contributed by atoms with Gasteiger partial charge in [0.1, 0.15) is 11.4 Å². The summed E-state index contributed by atoms with van der Waals surface area (Å²) in [5.74, 6) is -0.345. The van der Waals surface area contributed by atoms with Crippen LogP contribution in [0.2, 0.25) is 5.02 Å². The van der Waals surface area contributed by atoms with E-state index in [1.807, 2.05) is 24.3 Å². The molecule has 0 saturated heterocycles. The highest BCUT2D eigenvalue weighted by Gasteiger charge is 2.47. The Hall–Kier alpha value is -1.26. The molecular weight excluding hydrogens is 407 g/mol. The van der Waals surface area contributed by atoms with Gasteiger partial charge >= 0.3 is 0 Å². The lowest BCUT2D eigenvalue weighted by Crippen LogP contribution is -2.62. The molecule has 2 amide bonds. The predicted octanol–water partition coefficient (Wildman–Crippen LogP) is 5.45. The molecule has 0 aliphatic heterocycles. The number of benzene rings is 1. The van der Waals surface area contributed by atoms with Gasteiger partial charge < -0.3 is 10.2 Å². The fourth-order valence-corrected chi connectivity index (χ4v) is 5.19. The summed E-state index contributed by atoms with van der Waals surface area (Å²) in [6.45, 7) is 0.309. The largest absolute Gasteiger partial charge is 0.351 e. The van der Waals surface area contributed by atoms with Crippen molar-refractivity contribution in [3.05, 3.63) is 34.9 Å². The fourth-order valence-electron chi connectivity index (χ4n) is 4.85. The number of hydrogen-bond donors (Lipinski definition) is 1. The molecule has 0 heterocycles. The van der Waals surface area contributed by atoms with Crippen LogP contribution in [0.5, 0.6) is 0 Å². The molecule has 6 heteroatoms. The van der Waals surface area contributed by atoms with Gasteiger partial charge in [0, 0.05) is 17.6 Å². The van der Waals surface area contributed by atoms with Crippen molar-refractivity contribution in [1.29, 1.82) is 0 Å². The third-order valence-corrected chi connectivity index (χ3v) is 7.11. The van der Waals surface area contributed by atoms with E-state index in [0.717, 1.165) is 50.5 Å². The lowest BCUT2D eigenvalue weighted by Gasteiger charge is -2.45. The second-order valence-corrected chi connectivity index (χ2v) is 9.13. The Bertz CT molecular complexity index is 696. The van der Waals surface area contributed by atoms with Gasteiger partial charge in [0.05, 0.1) is 0 Å². The van der Waals surface area contributed by atoms with Gasteiger partial charge in [0.15, 0.2) is 0 Å². The van der Waals surface area contributed by atoms with Crippen LogP contribution in [0, 0.1) is 0 Å². The molecule has 2 aliphatic carbocycles. The van der Waals surface area contributed by atoms with Gasteiger partial charge in [-0.1, -0.05) is 74.7 Å². The Morgan fingerprint density at radius 2 is 1.62 bits per heavy atom. The Labute approximate surface area is 184 Å². The van der Waals surface area contributed by atoms with Crippen molar-refractivity contribution < 1.29 is 9.59 Å². The third-order valence-electron chi connectivity index (χ3n) is 6.51. The van der Waals surface area contributed by atoms with E-state index in [1.165, 1.54) is 12.8 Å². The molecule has 2 saturated carbocycles. The summed E-state index contributed by atoms with van der Waals surface area (Å²) in [4.78, 5) is 28.3. The zero-order valence-corrected chi connectivity index (χ0v) is 18.6. The van der Waals surface area contributed by atoms with Crippen LogP contribution < -0.4 is 5.32 Å². The van der Waals surface area contributed by atoms with Gasteiger partial charge in [-0.25, -0.2) is 0 Å². The molecule has 2 fully saturated rings. The molecule has 0 aromatic heterocycles. The summed E-state index contributed by atoms with van der Waals surface area (Å²) in [5.41, 5.74) is 0.00948. The van der Waals surface area contributed by atoms with Crippen molar-refractivity contribution in [2.75, 3.05) is 5.88 Å². The van der Waals surface area contributed by atoms with Gasteiger partial charge in [-0.05, 0) is 37.3 Å². The third kappa shape index (κ3) is 5.46. The molecule has 0 unspecified atom stereocenters. The van der Waals surface area contributed by atoms with Crippen molar-refractivity contribution in [3.8, 4) is 0 Å². The van der Waals surface area contributed by atoms with E-state index < -0.39 is 5.54 Å². The zero-order chi connectivity index (χ0) is 20.7. The zero-order valence-electron chi connectivity index (χ0n) is 17.1. The highest BCUT2D eigenvalue weighted by molar-refractivity contribution is 6.31. The normalized spacial score (nSPS) is 19.9. The minimum Gasteiger partial charge on any atom is -0.351 e. The summed E-state index contributed by atoms with van der Waals surface area (Å²) < 4.78 is 0. The quantitative estimate of drug-likeness (QED) is 0.473. The lowest BCUT2D eigenvalue weighted by atomic mass is 9.78. The van der Waals surface area contributed by atoms with Crippen LogP contribution in [-0.2, 0) is 16.1 Å². The van der Waals surface area contributed by atoms with Crippen molar-refractivity contribution in [1.82, 2.24) is 10.2 Å². The number of alkyl halides is 1. The maximum absolute atomic E-state index is 13.7. The summed E-state index contributed by atoms with van der Waals surface area (Å²) in [5, 5.41) is 3.93. The molecule has 4 nitrogen and oxygen atoms in total. The first-order valence-corrected chi connectivity index (χ1v) is 11.9. The maximum Gasteiger partial charge on any atom is 0.246 e. The molecule has 1 N–H and O–H groups in total. The van der Waals surface area contributed by atoms with Gasteiger partial charge in [0.2, 0.25) is 11.8 Å². The van der Waals surface area contributed by atoms with Crippen LogP contribution in [0.1, 0.15) is 76.2 Å². The van der Waals surface area contributed by atoms with Crippen molar-refractivity contribution >= 4 is 35.0 Å². The Balaban J connectivity index is 1.88. The monoisotopic (exact) mass is 438 g/mol. The topological polar surface area (TPSA) is 49.4 Å². The van der Waals surface area contributed by atoms with Gasteiger partial charge in [-0.2, -0.15) is 0 Å². The lowest BCUT2D eigenvalue weighted by molar-refractivity contribution is -0.150. The molecule has 2 aliphatic rings. The standard InChI is InChI=1S/C23H32Cl2N2O2/c24-16-21(28)27(17-18-10-6-7-13-20(18)25)23(14-8-3-9-15-23)22(29)26-19-11-4-1-2-5-12-19/h6-7,10,13,19H,1-5,8-9,11-12,14-17H2,(H,26,29). The molecule has 1 aromatic rings. The van der Waals surface area contributed by atoms with E-state index >= 15 is 0 Å². The van der Waals surface area contributed by atoms with Crippen molar-refractivity contribution in [3.63, 3.8) is 0 Å². The van der Waals surface area contributed by atoms with E-state index in [-0.39, 0.29) is 23.7 Å². The number of halogens is 2. The van der Waals surface area contributed by atoms with E-state index in [0.29, 0.717) is 24.4 Å². The van der Waals surface area contributed by atoms with E-state index in [9.17, 15) is 9.59 Å². The summed E-state index contributed by atoms with van der Waals surface area (Å²) in [6.07, 6.45) is 11.2. The van der Waals surface area contributed by atoms with Crippen LogP contribution in [0.25, 0.3) is 0 Å². The molecular formula is C23H32Cl2N2O2. The molecule has 3 rings (SSSR count). The molecule has 0 atom stereocenters. The SMILES string of the molecule is O=C(CCl)N(Cc1ccccc1Cl)C1(C(=O)NC2CCCCCC2)CCCCC1. The van der Waals surface area contributed by atoms with Crippen LogP contribution in [0.4, 0.5) is 0 Å². The molecule has 29 heavy (non-hydrogen) atoms. The minimum absolute atomic E-state index is 0.00498. The fraction of sp³-hybridized carbons (Fsp3) is 0.652. The number of nitrogens with zero attached hydrogens (tertiary/aromatic N) is 1. The highest BCUT2D eigenvalue weighted by atomic mass is 35.5. The number of hydrogen-bond acceptors (Lipinski definition) is 2. The summed E-state index contributed by atoms with van der Waals surface area (Å²) >= 11 is 12.4. The second kappa shape index (κ2) is 10.7. The average molecular weight is 439 g/mol. The summed E-state index contributed by atoms with van der Waals surface area (Å²) in [6, 6.07) is 7.71. The predicted molar refractivity (Wildman–Crippen MR) is 118 cm³/mol. The number of carbonyl (C=O) groups is 2. The van der Waals surface area contributed by atoms with Crippen molar-refractivity contribution in [2.24, 2.45) is 0 Å². The Morgan fingerprint density at radius 3 is 2.24 bits per heavy atom. The number of nitrogens with one attached hydrogen (secondary N) is 1. The van der Waals surface area contributed by atoms with Gasteiger partial charge in [0.25, 0.3) is 0 Å². The first-order valence-electron chi connectivity index (χ1n) is 11.0. The Kier molecular flexibility index (Phi) is 8.25. The van der Waals surface area contributed by atoms with Crippen LogP contribution >= 0.6 is 23.2 Å². The van der Waals surface area contributed by atoms with E-state index in [1.54, 1.807) is 4.90 Å². The van der Waals surface area contributed by atoms with Crippen LogP contribution in [0.15, 0.2) is 24.3 Å². The number of carbonyl (C=O) groups excluding carboxylic acids is 2. The smallest absolute Gasteiger partial charge is 0.246 e. The second-order valence-electron chi connectivity index (χ2n) is 8.46. The molecule has 0 spiro atoms. The molecule has 0 bridgehead atoms. The summed E-state index contributed by atoms with van der Waals surface area (Å²) in [7, 11) is 0. The molecule has 0 radical (unpaired) electrons. The van der Waals surface area contributed by atoms with Gasteiger partial charge in [-0.15, -0.1) is 11.6 Å². The number of rotatable bonds is 6. The van der Waals surface area contributed by atoms with Crippen molar-refractivity contribution in [2.45, 2.75) is 88.8 Å². The highest BCUT2D eigenvalue weighted by Crippen LogP contribution is 2.37. The molecule has 1 aromatic carbocycles. The van der Waals surface area contributed by atoms with Crippen LogP contribution in [0.3, 0.4) is 0 Å². The number of amides is 2.